The van der Waals surface area contributed by atoms with Gasteiger partial charge in [-0.2, -0.15) is 5.26 Å². The molecule has 0 saturated heterocycles. The monoisotopic (exact) mass is 397 g/mol. The Bertz CT molecular complexity index is 1260. The number of rotatable bonds is 3. The fraction of sp³-hybridized carbons (Fsp3) is 0. The van der Waals surface area contributed by atoms with Crippen molar-refractivity contribution in [3.8, 4) is 28.3 Å². The molecule has 0 fully saturated rings. The molecule has 5 heteroatoms. The van der Waals surface area contributed by atoms with Gasteiger partial charge < -0.3 is 10.2 Å². The average molecular weight is 398 g/mol. The van der Waals surface area contributed by atoms with E-state index in [1.165, 1.54) is 0 Å². The van der Waals surface area contributed by atoms with Gasteiger partial charge in [-0.05, 0) is 35.4 Å². The highest BCUT2D eigenvalue weighted by molar-refractivity contribution is 6.30. The first-order valence-electron chi connectivity index (χ1n) is 8.95. The minimum Gasteiger partial charge on any atom is -0.421 e. The van der Waals surface area contributed by atoms with E-state index >= 15 is 0 Å². The van der Waals surface area contributed by atoms with Gasteiger partial charge in [0.15, 0.2) is 0 Å². The summed E-state index contributed by atoms with van der Waals surface area (Å²) in [5.74, 6) is 0.0202. The third-order valence-corrected chi connectivity index (χ3v) is 4.71. The highest BCUT2D eigenvalue weighted by atomic mass is 35.5. The highest BCUT2D eigenvalue weighted by Crippen LogP contribution is 2.35. The van der Waals surface area contributed by atoms with Gasteiger partial charge >= 0.3 is 0 Å². The van der Waals surface area contributed by atoms with Crippen LogP contribution in [-0.4, -0.2) is 0 Å². The second-order valence-electron chi connectivity index (χ2n) is 6.33. The number of halogens is 1. The molecular weight excluding hydrogens is 382 g/mol. The maximum Gasteiger partial charge on any atom is 0.230 e. The molecule has 0 amide bonds. The van der Waals surface area contributed by atoms with Gasteiger partial charge in [0, 0.05) is 10.6 Å². The Kier molecular flexibility index (Phi) is 5.15. The van der Waals surface area contributed by atoms with Crippen molar-refractivity contribution in [1.82, 2.24) is 0 Å². The number of hydrogen-bond donors (Lipinski definition) is 1. The highest BCUT2D eigenvalue weighted by Gasteiger charge is 2.20. The topological polar surface area (TPSA) is 75.3 Å². The number of anilines is 1. The zero-order chi connectivity index (χ0) is 20.2. The lowest BCUT2D eigenvalue weighted by molar-refractivity contribution is 0.518. The lowest BCUT2D eigenvalue weighted by Crippen LogP contribution is -2.12. The molecular formula is C24H16ClN3O. The third-order valence-electron chi connectivity index (χ3n) is 4.46. The lowest BCUT2D eigenvalue weighted by Gasteiger charge is -2.14. The summed E-state index contributed by atoms with van der Waals surface area (Å²) in [7, 11) is 0. The van der Waals surface area contributed by atoms with E-state index in [1.54, 1.807) is 12.1 Å². The van der Waals surface area contributed by atoms with Crippen LogP contribution in [-0.2, 0) is 0 Å². The molecule has 4 aromatic rings. The van der Waals surface area contributed by atoms with Crippen molar-refractivity contribution >= 4 is 23.2 Å². The largest absolute Gasteiger partial charge is 0.421 e. The smallest absolute Gasteiger partial charge is 0.230 e. The zero-order valence-electron chi connectivity index (χ0n) is 15.3. The van der Waals surface area contributed by atoms with Crippen LogP contribution in [0.2, 0.25) is 5.02 Å². The number of nitrogens with two attached hydrogens (primary N) is 1. The number of hydrogen-bond acceptors (Lipinski definition) is 4. The van der Waals surface area contributed by atoms with E-state index in [-0.39, 0.29) is 11.4 Å². The van der Waals surface area contributed by atoms with Crippen molar-refractivity contribution in [2.45, 2.75) is 0 Å². The molecule has 4 nitrogen and oxygen atoms in total. The molecule has 3 aromatic carbocycles. The first kappa shape index (κ1) is 18.5. The summed E-state index contributed by atoms with van der Waals surface area (Å²) in [4.78, 5) is 4.68. The van der Waals surface area contributed by atoms with E-state index in [4.69, 9.17) is 21.8 Å². The predicted octanol–water partition coefficient (Wildman–Crippen LogP) is 5.95. The Labute approximate surface area is 173 Å². The van der Waals surface area contributed by atoms with Gasteiger partial charge in [0.25, 0.3) is 0 Å². The molecule has 0 aliphatic carbocycles. The Morgan fingerprint density at radius 1 is 0.793 bits per heavy atom. The van der Waals surface area contributed by atoms with Crippen LogP contribution in [0.25, 0.3) is 22.3 Å². The van der Waals surface area contributed by atoms with Crippen molar-refractivity contribution in [1.29, 1.82) is 5.26 Å². The van der Waals surface area contributed by atoms with Gasteiger partial charge in [0.05, 0.1) is 11.3 Å². The van der Waals surface area contributed by atoms with E-state index in [2.05, 4.69) is 11.1 Å². The quantitative estimate of drug-likeness (QED) is 0.463. The normalized spacial score (nSPS) is 11.2. The molecule has 0 bridgehead atoms. The Balaban J connectivity index is 2.14. The molecule has 140 valence electrons. The van der Waals surface area contributed by atoms with E-state index in [0.717, 1.165) is 16.8 Å². The molecule has 0 unspecified atom stereocenters. The number of nitrogens with zero attached hydrogens (tertiary/aromatic N) is 2. The molecule has 0 spiro atoms. The third kappa shape index (κ3) is 3.77. The molecule has 4 rings (SSSR count). The van der Waals surface area contributed by atoms with Gasteiger partial charge in [0.1, 0.15) is 11.6 Å². The van der Waals surface area contributed by atoms with Crippen molar-refractivity contribution < 1.29 is 4.42 Å². The van der Waals surface area contributed by atoms with Crippen LogP contribution in [0.4, 0.5) is 11.6 Å². The van der Waals surface area contributed by atoms with Crippen LogP contribution in [0, 0.1) is 11.3 Å². The first-order chi connectivity index (χ1) is 14.2. The number of para-hydroxylation sites is 1. The molecule has 1 heterocycles. The molecule has 0 radical (unpaired) electrons. The van der Waals surface area contributed by atoms with Crippen LogP contribution >= 0.6 is 11.6 Å². The van der Waals surface area contributed by atoms with E-state index in [0.29, 0.717) is 21.7 Å². The van der Waals surface area contributed by atoms with Crippen LogP contribution in [0.5, 0.6) is 0 Å². The van der Waals surface area contributed by atoms with Crippen LogP contribution in [0.3, 0.4) is 0 Å². The second kappa shape index (κ2) is 8.05. The minimum absolute atomic E-state index is 0.0202. The maximum atomic E-state index is 9.82. The molecule has 0 saturated carbocycles. The fourth-order valence-corrected chi connectivity index (χ4v) is 3.27. The van der Waals surface area contributed by atoms with Gasteiger partial charge in [-0.1, -0.05) is 72.3 Å². The van der Waals surface area contributed by atoms with Gasteiger partial charge in [-0.15, -0.1) is 0 Å². The summed E-state index contributed by atoms with van der Waals surface area (Å²) < 4.78 is 5.84. The van der Waals surface area contributed by atoms with Crippen LogP contribution in [0.15, 0.2) is 94.3 Å². The summed E-state index contributed by atoms with van der Waals surface area (Å²) in [5, 5.41) is 10.4. The van der Waals surface area contributed by atoms with Crippen molar-refractivity contribution in [2.75, 3.05) is 5.73 Å². The van der Waals surface area contributed by atoms with Crippen molar-refractivity contribution in [3.63, 3.8) is 0 Å². The standard InChI is InChI=1S/C24H16ClN3O/c25-18-13-11-17(12-14-18)21-20(15-26)23(27)29-24(28-19-9-5-2-6-10-19)22(21)16-7-3-1-4-8-16/h1-14H,27H2. The fourth-order valence-electron chi connectivity index (χ4n) is 3.15. The minimum atomic E-state index is 0.0202. The van der Waals surface area contributed by atoms with Crippen LogP contribution < -0.4 is 11.3 Å². The molecule has 0 atom stereocenters. The summed E-state index contributed by atoms with van der Waals surface area (Å²) in [6.45, 7) is 0. The zero-order valence-corrected chi connectivity index (χ0v) is 16.1. The van der Waals surface area contributed by atoms with E-state index < -0.39 is 0 Å². The van der Waals surface area contributed by atoms with Gasteiger partial charge in [-0.25, -0.2) is 4.99 Å². The molecule has 0 aliphatic heterocycles. The van der Waals surface area contributed by atoms with E-state index in [1.807, 2.05) is 72.8 Å². The second-order valence-corrected chi connectivity index (χ2v) is 6.76. The molecule has 0 aliphatic rings. The SMILES string of the molecule is N#Cc1c(N)oc(=Nc2ccccc2)c(-c2ccccc2)c1-c1ccc(Cl)cc1. The molecule has 2 N–H and O–H groups in total. The van der Waals surface area contributed by atoms with Gasteiger partial charge in [0.2, 0.25) is 11.4 Å². The van der Waals surface area contributed by atoms with Crippen LogP contribution in [0.1, 0.15) is 5.56 Å². The summed E-state index contributed by atoms with van der Waals surface area (Å²) in [6.07, 6.45) is 0. The Morgan fingerprint density at radius 2 is 1.38 bits per heavy atom. The summed E-state index contributed by atoms with van der Waals surface area (Å²) in [6, 6.07) is 28.6. The molecule has 29 heavy (non-hydrogen) atoms. The number of benzene rings is 3. The number of nitriles is 1. The van der Waals surface area contributed by atoms with Crippen molar-refractivity contribution in [3.05, 3.63) is 101 Å². The predicted molar refractivity (Wildman–Crippen MR) is 115 cm³/mol. The first-order valence-corrected chi connectivity index (χ1v) is 9.33. The average Bonchev–Trinajstić information content (AvgIpc) is 2.75. The lowest BCUT2D eigenvalue weighted by atomic mass is 9.92. The summed E-state index contributed by atoms with van der Waals surface area (Å²) in [5.41, 5.74) is 10.5. The Morgan fingerprint density at radius 3 is 2.00 bits per heavy atom. The number of nitrogen functional groups attached to an aromatic ring is 1. The van der Waals surface area contributed by atoms with Crippen molar-refractivity contribution in [2.24, 2.45) is 4.99 Å². The van der Waals surface area contributed by atoms with E-state index in [9.17, 15) is 5.26 Å². The van der Waals surface area contributed by atoms with Gasteiger partial charge in [-0.3, -0.25) is 0 Å². The Hall–Kier alpha value is -3.81. The summed E-state index contributed by atoms with van der Waals surface area (Å²) >= 11 is 6.07. The maximum absolute atomic E-state index is 9.82. The molecule has 1 aromatic heterocycles.